The summed E-state index contributed by atoms with van der Waals surface area (Å²) in [6, 6.07) is 9.86. The van der Waals surface area contributed by atoms with E-state index in [4.69, 9.17) is 9.72 Å². The van der Waals surface area contributed by atoms with Crippen molar-refractivity contribution in [2.45, 2.75) is 37.4 Å². The van der Waals surface area contributed by atoms with Gasteiger partial charge in [0.25, 0.3) is 5.91 Å². The Morgan fingerprint density at radius 3 is 2.50 bits per heavy atom. The first kappa shape index (κ1) is 22.5. The number of anilines is 1. The van der Waals surface area contributed by atoms with Crippen molar-refractivity contribution in [3.05, 3.63) is 47.2 Å². The van der Waals surface area contributed by atoms with Crippen LogP contribution in [0.1, 0.15) is 35.5 Å². The molecule has 1 aromatic carbocycles. The lowest BCUT2D eigenvalue weighted by molar-refractivity contribution is 0.0943. The average Bonchev–Trinajstić information content (AvgIpc) is 2.73. The predicted octanol–water partition coefficient (Wildman–Crippen LogP) is 2.81. The molecule has 0 atom stereocenters. The van der Waals surface area contributed by atoms with E-state index in [1.807, 2.05) is 44.2 Å². The average molecular weight is 430 g/mol. The normalized spacial score (nSPS) is 14.9. The number of likely N-dealkylation sites (N-methyl/N-ethyl adjacent to an activating group) is 1. The summed E-state index contributed by atoms with van der Waals surface area (Å²) in [7, 11) is 3.83. The summed E-state index contributed by atoms with van der Waals surface area (Å²) in [5.74, 6) is 1.66. The molecule has 1 amide bonds. The third-order valence-electron chi connectivity index (χ3n) is 4.87. The Balaban J connectivity index is 1.67. The zero-order valence-electron chi connectivity index (χ0n) is 18.2. The predicted molar refractivity (Wildman–Crippen MR) is 121 cm³/mol. The van der Waals surface area contributed by atoms with Crippen LogP contribution < -0.4 is 10.2 Å². The summed E-state index contributed by atoms with van der Waals surface area (Å²) >= 11 is 1.60. The van der Waals surface area contributed by atoms with Crippen LogP contribution in [0.5, 0.6) is 0 Å². The van der Waals surface area contributed by atoms with Crippen LogP contribution in [0.3, 0.4) is 0 Å². The minimum Gasteiger partial charge on any atom is -0.378 e. The van der Waals surface area contributed by atoms with Gasteiger partial charge in [0, 0.05) is 56.7 Å². The van der Waals surface area contributed by atoms with Gasteiger partial charge in [0.15, 0.2) is 5.16 Å². The Bertz CT molecular complexity index is 836. The molecule has 0 unspecified atom stereocenters. The van der Waals surface area contributed by atoms with E-state index in [0.29, 0.717) is 12.2 Å². The van der Waals surface area contributed by atoms with Crippen molar-refractivity contribution >= 4 is 23.5 Å². The summed E-state index contributed by atoms with van der Waals surface area (Å²) in [5, 5.41) is 3.66. The van der Waals surface area contributed by atoms with Gasteiger partial charge in [0.1, 0.15) is 5.82 Å². The largest absolute Gasteiger partial charge is 0.378 e. The Hall–Kier alpha value is -2.16. The van der Waals surface area contributed by atoms with E-state index in [1.54, 1.807) is 18.9 Å². The quantitative estimate of drug-likeness (QED) is 0.511. The molecule has 0 spiro atoms. The number of hydrogen-bond donors (Lipinski definition) is 1. The first-order chi connectivity index (χ1) is 14.4. The number of amides is 1. The number of hydrogen-bond acceptors (Lipinski definition) is 7. The second-order valence-electron chi connectivity index (χ2n) is 7.84. The maximum Gasteiger partial charge on any atom is 0.251 e. The summed E-state index contributed by atoms with van der Waals surface area (Å²) in [4.78, 5) is 26.2. The number of carbonyl (C=O) groups is 1. The van der Waals surface area contributed by atoms with Crippen molar-refractivity contribution in [1.29, 1.82) is 0 Å². The lowest BCUT2D eigenvalue weighted by atomic mass is 10.1. The molecule has 0 radical (unpaired) electrons. The minimum absolute atomic E-state index is 0.0448. The Kier molecular flexibility index (Phi) is 8.07. The molecule has 1 aliphatic heterocycles. The van der Waals surface area contributed by atoms with Gasteiger partial charge in [0.2, 0.25) is 0 Å². The monoisotopic (exact) mass is 429 g/mol. The Morgan fingerprint density at radius 2 is 1.87 bits per heavy atom. The van der Waals surface area contributed by atoms with Gasteiger partial charge in [0.05, 0.1) is 12.3 Å². The second-order valence-corrected chi connectivity index (χ2v) is 8.78. The molecule has 3 rings (SSSR count). The van der Waals surface area contributed by atoms with Crippen molar-refractivity contribution in [2.75, 3.05) is 45.2 Å². The highest BCUT2D eigenvalue weighted by Crippen LogP contribution is 2.24. The van der Waals surface area contributed by atoms with E-state index in [-0.39, 0.29) is 11.9 Å². The van der Waals surface area contributed by atoms with Crippen molar-refractivity contribution in [1.82, 2.24) is 20.2 Å². The van der Waals surface area contributed by atoms with Crippen LogP contribution >= 0.6 is 11.8 Å². The van der Waals surface area contributed by atoms with E-state index in [9.17, 15) is 4.79 Å². The highest BCUT2D eigenvalue weighted by Gasteiger charge is 2.17. The van der Waals surface area contributed by atoms with Gasteiger partial charge < -0.3 is 19.9 Å². The maximum atomic E-state index is 12.1. The molecule has 1 saturated heterocycles. The lowest BCUT2D eigenvalue weighted by Gasteiger charge is -2.33. The van der Waals surface area contributed by atoms with Crippen LogP contribution in [0, 0.1) is 0 Å². The van der Waals surface area contributed by atoms with Gasteiger partial charge in [-0.2, -0.15) is 0 Å². The number of piperazine rings is 1. The number of nitrogens with zero attached hydrogens (tertiary/aromatic N) is 4. The SMILES string of the molecule is COCc1cc(N2CCN(C)CC2)nc(SCc2ccc(C(=O)NC(C)C)cc2)n1. The molecule has 0 aliphatic carbocycles. The number of rotatable bonds is 8. The lowest BCUT2D eigenvalue weighted by Crippen LogP contribution is -2.44. The Morgan fingerprint density at radius 1 is 1.17 bits per heavy atom. The molecule has 162 valence electrons. The number of benzene rings is 1. The fraction of sp³-hybridized carbons (Fsp3) is 0.500. The summed E-state index contributed by atoms with van der Waals surface area (Å²) in [6.07, 6.45) is 0. The van der Waals surface area contributed by atoms with Crippen molar-refractivity contribution < 1.29 is 9.53 Å². The van der Waals surface area contributed by atoms with Crippen LogP contribution in [0.25, 0.3) is 0 Å². The first-order valence-electron chi connectivity index (χ1n) is 10.3. The smallest absolute Gasteiger partial charge is 0.251 e. The van der Waals surface area contributed by atoms with Crippen molar-refractivity contribution in [3.8, 4) is 0 Å². The number of methoxy groups -OCH3 is 1. The van der Waals surface area contributed by atoms with Crippen molar-refractivity contribution in [2.24, 2.45) is 0 Å². The molecule has 2 heterocycles. The number of aromatic nitrogens is 2. The van der Waals surface area contributed by atoms with E-state index >= 15 is 0 Å². The molecular formula is C22H31N5O2S. The number of ether oxygens (including phenoxy) is 1. The van der Waals surface area contributed by atoms with E-state index in [0.717, 1.165) is 54.2 Å². The third-order valence-corrected chi connectivity index (χ3v) is 5.79. The van der Waals surface area contributed by atoms with Crippen LogP contribution in [0.4, 0.5) is 5.82 Å². The van der Waals surface area contributed by atoms with Gasteiger partial charge in [-0.05, 0) is 38.6 Å². The molecule has 1 N–H and O–H groups in total. The van der Waals surface area contributed by atoms with Gasteiger partial charge >= 0.3 is 0 Å². The van der Waals surface area contributed by atoms with Crippen LogP contribution in [-0.2, 0) is 17.1 Å². The summed E-state index contributed by atoms with van der Waals surface area (Å²) < 4.78 is 5.30. The molecule has 2 aromatic rings. The molecule has 8 heteroatoms. The molecule has 1 aliphatic rings. The van der Waals surface area contributed by atoms with Gasteiger partial charge in [-0.3, -0.25) is 4.79 Å². The topological polar surface area (TPSA) is 70.6 Å². The summed E-state index contributed by atoms with van der Waals surface area (Å²) in [5.41, 5.74) is 2.70. The number of carbonyl (C=O) groups excluding carboxylic acids is 1. The Labute approximate surface area is 183 Å². The minimum atomic E-state index is -0.0448. The van der Waals surface area contributed by atoms with Crippen LogP contribution in [0.2, 0.25) is 0 Å². The molecule has 30 heavy (non-hydrogen) atoms. The standard InChI is InChI=1S/C22H31N5O2S/c1-16(2)23-21(28)18-7-5-17(6-8-18)15-30-22-24-19(14-29-4)13-20(25-22)27-11-9-26(3)10-12-27/h5-8,13,16H,9-12,14-15H2,1-4H3,(H,23,28). The first-order valence-corrected chi connectivity index (χ1v) is 11.3. The maximum absolute atomic E-state index is 12.1. The molecule has 7 nitrogen and oxygen atoms in total. The van der Waals surface area contributed by atoms with Crippen molar-refractivity contribution in [3.63, 3.8) is 0 Å². The molecular weight excluding hydrogens is 398 g/mol. The third kappa shape index (κ3) is 6.42. The molecule has 0 saturated carbocycles. The highest BCUT2D eigenvalue weighted by atomic mass is 32.2. The van der Waals surface area contributed by atoms with Gasteiger partial charge in [-0.15, -0.1) is 0 Å². The van der Waals surface area contributed by atoms with E-state index < -0.39 is 0 Å². The zero-order chi connectivity index (χ0) is 21.5. The van der Waals surface area contributed by atoms with Gasteiger partial charge in [-0.1, -0.05) is 23.9 Å². The highest BCUT2D eigenvalue weighted by molar-refractivity contribution is 7.98. The second kappa shape index (κ2) is 10.7. The molecule has 1 aromatic heterocycles. The van der Waals surface area contributed by atoms with Gasteiger partial charge in [-0.25, -0.2) is 9.97 Å². The molecule has 0 bridgehead atoms. The summed E-state index contributed by atoms with van der Waals surface area (Å²) in [6.45, 7) is 8.37. The zero-order valence-corrected chi connectivity index (χ0v) is 19.0. The number of nitrogens with one attached hydrogen (secondary N) is 1. The fourth-order valence-electron chi connectivity index (χ4n) is 3.19. The van der Waals surface area contributed by atoms with Crippen LogP contribution in [0.15, 0.2) is 35.5 Å². The van der Waals surface area contributed by atoms with E-state index in [2.05, 4.69) is 27.1 Å². The number of thioether (sulfide) groups is 1. The fourth-order valence-corrected chi connectivity index (χ4v) is 4.02. The van der Waals surface area contributed by atoms with E-state index in [1.165, 1.54) is 0 Å². The molecule has 1 fully saturated rings. The van der Waals surface area contributed by atoms with Crippen LogP contribution in [-0.4, -0.2) is 67.2 Å².